The lowest BCUT2D eigenvalue weighted by Crippen LogP contribution is -2.45. The van der Waals surface area contributed by atoms with Crippen LogP contribution in [0.25, 0.3) is 0 Å². The molecule has 0 radical (unpaired) electrons. The normalized spacial score (nSPS) is 39.6. The highest BCUT2D eigenvalue weighted by Crippen LogP contribution is 2.37. The van der Waals surface area contributed by atoms with E-state index >= 15 is 0 Å². The second-order valence-corrected chi connectivity index (χ2v) is 4.38. The highest BCUT2D eigenvalue weighted by atomic mass is 14.7. The van der Waals surface area contributed by atoms with Gasteiger partial charge >= 0.3 is 0 Å². The lowest BCUT2D eigenvalue weighted by atomic mass is 9.69. The van der Waals surface area contributed by atoms with E-state index < -0.39 is 0 Å². The van der Waals surface area contributed by atoms with Crippen LogP contribution in [-0.2, 0) is 0 Å². The topological polar surface area (TPSA) is 26.0 Å². The monoisotopic (exact) mass is 141 g/mol. The van der Waals surface area contributed by atoms with E-state index in [-0.39, 0.29) is 0 Å². The first-order valence-corrected chi connectivity index (χ1v) is 4.29. The molecule has 0 aliphatic heterocycles. The van der Waals surface area contributed by atoms with Gasteiger partial charge in [0.1, 0.15) is 0 Å². The molecule has 0 aromatic heterocycles. The van der Waals surface area contributed by atoms with Crippen LogP contribution in [0.5, 0.6) is 0 Å². The summed E-state index contributed by atoms with van der Waals surface area (Å²) in [4.78, 5) is 0. The van der Waals surface area contributed by atoms with Crippen molar-refractivity contribution in [3.8, 4) is 0 Å². The molecule has 10 heavy (non-hydrogen) atoms. The van der Waals surface area contributed by atoms with Crippen LogP contribution in [0.4, 0.5) is 0 Å². The fraction of sp³-hybridized carbons (Fsp3) is 1.00. The highest BCUT2D eigenvalue weighted by molar-refractivity contribution is 4.88. The number of hydrogen-bond acceptors (Lipinski definition) is 1. The van der Waals surface area contributed by atoms with E-state index in [4.69, 9.17) is 5.73 Å². The Labute approximate surface area is 64.0 Å². The van der Waals surface area contributed by atoms with Gasteiger partial charge in [0.05, 0.1) is 0 Å². The molecular weight excluding hydrogens is 122 g/mol. The third-order valence-corrected chi connectivity index (χ3v) is 3.00. The number of rotatable bonds is 0. The largest absolute Gasteiger partial charge is 0.327 e. The first kappa shape index (κ1) is 8.06. The Hall–Kier alpha value is -0.0400. The molecule has 0 aromatic carbocycles. The molecule has 0 amide bonds. The summed E-state index contributed by atoms with van der Waals surface area (Å²) < 4.78 is 0. The summed E-state index contributed by atoms with van der Waals surface area (Å²) in [5, 5.41) is 0. The molecule has 0 bridgehead atoms. The molecule has 2 atom stereocenters. The molecule has 2 unspecified atom stereocenters. The van der Waals surface area contributed by atoms with E-state index in [1.807, 2.05) is 0 Å². The molecular formula is C9H19N. The van der Waals surface area contributed by atoms with Crippen LogP contribution >= 0.6 is 0 Å². The van der Waals surface area contributed by atoms with Crippen LogP contribution in [0.2, 0.25) is 0 Å². The van der Waals surface area contributed by atoms with Gasteiger partial charge in [-0.3, -0.25) is 0 Å². The SMILES string of the molecule is CC1CCCC(C)(C)C1N. The maximum absolute atomic E-state index is 6.06. The molecule has 60 valence electrons. The van der Waals surface area contributed by atoms with Crippen molar-refractivity contribution < 1.29 is 0 Å². The van der Waals surface area contributed by atoms with Crippen LogP contribution in [0, 0.1) is 11.3 Å². The van der Waals surface area contributed by atoms with Gasteiger partial charge in [-0.05, 0) is 24.2 Å². The summed E-state index contributed by atoms with van der Waals surface area (Å²) >= 11 is 0. The zero-order valence-electron chi connectivity index (χ0n) is 7.35. The predicted molar refractivity (Wildman–Crippen MR) is 44.8 cm³/mol. The van der Waals surface area contributed by atoms with Gasteiger partial charge in [0.25, 0.3) is 0 Å². The fourth-order valence-corrected chi connectivity index (χ4v) is 2.00. The van der Waals surface area contributed by atoms with Crippen molar-refractivity contribution in [2.75, 3.05) is 0 Å². The van der Waals surface area contributed by atoms with E-state index in [9.17, 15) is 0 Å². The van der Waals surface area contributed by atoms with E-state index in [1.165, 1.54) is 19.3 Å². The van der Waals surface area contributed by atoms with Gasteiger partial charge in [-0.25, -0.2) is 0 Å². The van der Waals surface area contributed by atoms with Gasteiger partial charge in [-0.15, -0.1) is 0 Å². The lowest BCUT2D eigenvalue weighted by Gasteiger charge is -2.40. The summed E-state index contributed by atoms with van der Waals surface area (Å²) in [6.07, 6.45) is 3.99. The Morgan fingerprint density at radius 3 is 2.40 bits per heavy atom. The summed E-state index contributed by atoms with van der Waals surface area (Å²) in [7, 11) is 0. The van der Waals surface area contributed by atoms with Gasteiger partial charge in [0.15, 0.2) is 0 Å². The van der Waals surface area contributed by atoms with E-state index in [0.717, 1.165) is 5.92 Å². The number of hydrogen-bond donors (Lipinski definition) is 1. The molecule has 1 aliphatic rings. The van der Waals surface area contributed by atoms with E-state index in [2.05, 4.69) is 20.8 Å². The molecule has 0 saturated heterocycles. The standard InChI is InChI=1S/C9H19N/c1-7-5-4-6-9(2,3)8(7)10/h7-8H,4-6,10H2,1-3H3. The maximum Gasteiger partial charge on any atom is 0.0116 e. The Morgan fingerprint density at radius 2 is 2.00 bits per heavy atom. The second kappa shape index (κ2) is 2.54. The zero-order valence-corrected chi connectivity index (χ0v) is 7.35. The van der Waals surface area contributed by atoms with Gasteiger partial charge in [0, 0.05) is 6.04 Å². The highest BCUT2D eigenvalue weighted by Gasteiger charge is 2.33. The zero-order chi connectivity index (χ0) is 7.78. The van der Waals surface area contributed by atoms with Crippen molar-refractivity contribution in [2.24, 2.45) is 17.1 Å². The average molecular weight is 141 g/mol. The van der Waals surface area contributed by atoms with Gasteiger partial charge in [-0.1, -0.05) is 27.2 Å². The Morgan fingerprint density at radius 1 is 1.40 bits per heavy atom. The van der Waals surface area contributed by atoms with Crippen LogP contribution in [-0.4, -0.2) is 6.04 Å². The van der Waals surface area contributed by atoms with Gasteiger partial charge < -0.3 is 5.73 Å². The summed E-state index contributed by atoms with van der Waals surface area (Å²) in [6.45, 7) is 6.84. The molecule has 0 spiro atoms. The molecule has 1 fully saturated rings. The molecule has 0 heterocycles. The minimum Gasteiger partial charge on any atom is -0.327 e. The minimum absolute atomic E-state index is 0.387. The van der Waals surface area contributed by atoms with Crippen molar-refractivity contribution >= 4 is 0 Å². The van der Waals surface area contributed by atoms with E-state index in [1.54, 1.807) is 0 Å². The molecule has 1 nitrogen and oxygen atoms in total. The molecule has 1 saturated carbocycles. The Kier molecular flexibility index (Phi) is 2.04. The first-order valence-electron chi connectivity index (χ1n) is 4.29. The summed E-state index contributed by atoms with van der Waals surface area (Å²) in [5.74, 6) is 0.726. The van der Waals surface area contributed by atoms with Crippen molar-refractivity contribution in [2.45, 2.75) is 46.1 Å². The Balaban J connectivity index is 2.60. The average Bonchev–Trinajstić information content (AvgIpc) is 1.83. The Bertz CT molecular complexity index is 118. The first-order chi connectivity index (χ1) is 4.54. The minimum atomic E-state index is 0.387. The van der Waals surface area contributed by atoms with Gasteiger partial charge in [-0.2, -0.15) is 0 Å². The maximum atomic E-state index is 6.06. The van der Waals surface area contributed by atoms with Crippen LogP contribution < -0.4 is 5.73 Å². The summed E-state index contributed by atoms with van der Waals surface area (Å²) in [6, 6.07) is 0.418. The lowest BCUT2D eigenvalue weighted by molar-refractivity contribution is 0.149. The molecule has 1 aliphatic carbocycles. The molecule has 0 aromatic rings. The van der Waals surface area contributed by atoms with E-state index in [0.29, 0.717) is 11.5 Å². The van der Waals surface area contributed by atoms with Crippen molar-refractivity contribution in [3.05, 3.63) is 0 Å². The number of nitrogens with two attached hydrogens (primary N) is 1. The fourth-order valence-electron chi connectivity index (χ4n) is 2.00. The quantitative estimate of drug-likeness (QED) is 0.549. The van der Waals surface area contributed by atoms with Crippen LogP contribution in [0.1, 0.15) is 40.0 Å². The van der Waals surface area contributed by atoms with Crippen molar-refractivity contribution in [1.82, 2.24) is 0 Å². The predicted octanol–water partition coefficient (Wildman–Crippen LogP) is 2.16. The molecule has 1 heteroatoms. The van der Waals surface area contributed by atoms with Crippen LogP contribution in [0.15, 0.2) is 0 Å². The van der Waals surface area contributed by atoms with Crippen LogP contribution in [0.3, 0.4) is 0 Å². The summed E-state index contributed by atoms with van der Waals surface area (Å²) in [5.41, 5.74) is 6.44. The van der Waals surface area contributed by atoms with Crippen molar-refractivity contribution in [3.63, 3.8) is 0 Å². The third-order valence-electron chi connectivity index (χ3n) is 3.00. The van der Waals surface area contributed by atoms with Gasteiger partial charge in [0.2, 0.25) is 0 Å². The third kappa shape index (κ3) is 1.34. The molecule has 2 N–H and O–H groups in total. The molecule has 1 rings (SSSR count). The van der Waals surface area contributed by atoms with Crippen molar-refractivity contribution in [1.29, 1.82) is 0 Å². The second-order valence-electron chi connectivity index (χ2n) is 4.38. The smallest absolute Gasteiger partial charge is 0.0116 e.